The third-order valence-electron chi connectivity index (χ3n) is 3.87. The first-order chi connectivity index (χ1) is 10.0. The fraction of sp³-hybridized carbons (Fsp3) is 0.500. The molecule has 1 amide bonds. The fourth-order valence-electron chi connectivity index (χ4n) is 2.64. The second kappa shape index (κ2) is 7.95. The maximum Gasteiger partial charge on any atom is 0.270 e. The maximum absolute atomic E-state index is 12.5. The van der Waals surface area contributed by atoms with Crippen LogP contribution in [-0.4, -0.2) is 42.4 Å². The number of nitrogens with one attached hydrogen (secondary N) is 1. The van der Waals surface area contributed by atoms with Gasteiger partial charge in [-0.05, 0) is 38.4 Å². The molecule has 1 heterocycles. The van der Waals surface area contributed by atoms with Gasteiger partial charge >= 0.3 is 0 Å². The highest BCUT2D eigenvalue weighted by atomic mass is 35.5. The number of nitro groups is 1. The quantitative estimate of drug-likeness (QED) is 0.497. The average molecular weight is 329 g/mol. The Morgan fingerprint density at radius 1 is 1.45 bits per heavy atom. The van der Waals surface area contributed by atoms with Gasteiger partial charge in [0, 0.05) is 30.9 Å². The second-order valence-electron chi connectivity index (χ2n) is 5.32. The number of piperidine rings is 1. The molecule has 1 aromatic carbocycles. The number of rotatable bonds is 4. The molecule has 122 valence electrons. The van der Waals surface area contributed by atoms with E-state index in [9.17, 15) is 14.9 Å². The number of carbonyl (C=O) groups is 1. The lowest BCUT2D eigenvalue weighted by Gasteiger charge is -2.32. The van der Waals surface area contributed by atoms with E-state index in [1.807, 2.05) is 7.05 Å². The molecule has 0 bridgehead atoms. The number of hydrogen-bond acceptors (Lipinski definition) is 5. The Hall–Kier alpha value is -1.86. The topological polar surface area (TPSA) is 102 Å². The highest BCUT2D eigenvalue weighted by molar-refractivity contribution is 5.99. The van der Waals surface area contributed by atoms with Crippen molar-refractivity contribution in [2.75, 3.05) is 32.4 Å². The third kappa shape index (κ3) is 4.08. The van der Waals surface area contributed by atoms with E-state index in [1.54, 1.807) is 4.90 Å². The second-order valence-corrected chi connectivity index (χ2v) is 5.32. The number of benzene rings is 1. The van der Waals surface area contributed by atoms with Crippen LogP contribution in [-0.2, 0) is 0 Å². The van der Waals surface area contributed by atoms with Gasteiger partial charge < -0.3 is 16.0 Å². The molecule has 1 aliphatic heterocycles. The van der Waals surface area contributed by atoms with Gasteiger partial charge in [-0.3, -0.25) is 14.9 Å². The Morgan fingerprint density at radius 2 is 2.09 bits per heavy atom. The summed E-state index contributed by atoms with van der Waals surface area (Å²) in [6, 6.07) is 3.99. The molecule has 0 spiro atoms. The SMILES string of the molecule is CNCC1CCN(C(=O)c2cc([N+](=O)[O-])ccc2N)CC1.Cl. The van der Waals surface area contributed by atoms with Crippen LogP contribution in [0.15, 0.2) is 18.2 Å². The molecule has 22 heavy (non-hydrogen) atoms. The molecule has 3 N–H and O–H groups in total. The summed E-state index contributed by atoms with van der Waals surface area (Å²) in [7, 11) is 1.92. The molecule has 1 aromatic rings. The van der Waals surface area contributed by atoms with Crippen molar-refractivity contribution >= 4 is 29.7 Å². The lowest BCUT2D eigenvalue weighted by Crippen LogP contribution is -2.40. The van der Waals surface area contributed by atoms with Crippen molar-refractivity contribution in [3.63, 3.8) is 0 Å². The Bertz CT molecular complexity index is 545. The molecular weight excluding hydrogens is 308 g/mol. The number of non-ortho nitro benzene ring substituents is 1. The maximum atomic E-state index is 12.5. The summed E-state index contributed by atoms with van der Waals surface area (Å²) in [5.74, 6) is 0.348. The van der Waals surface area contributed by atoms with Crippen molar-refractivity contribution in [2.45, 2.75) is 12.8 Å². The molecule has 0 unspecified atom stereocenters. The van der Waals surface area contributed by atoms with E-state index in [4.69, 9.17) is 5.73 Å². The van der Waals surface area contributed by atoms with Gasteiger partial charge in [0.15, 0.2) is 0 Å². The van der Waals surface area contributed by atoms with E-state index in [1.165, 1.54) is 18.2 Å². The summed E-state index contributed by atoms with van der Waals surface area (Å²) in [6.07, 6.45) is 1.86. The Morgan fingerprint density at radius 3 is 2.64 bits per heavy atom. The number of nitrogens with two attached hydrogens (primary N) is 1. The first-order valence-corrected chi connectivity index (χ1v) is 7.00. The third-order valence-corrected chi connectivity index (χ3v) is 3.87. The van der Waals surface area contributed by atoms with Crippen molar-refractivity contribution in [1.29, 1.82) is 0 Å². The van der Waals surface area contributed by atoms with Crippen LogP contribution in [0.5, 0.6) is 0 Å². The van der Waals surface area contributed by atoms with Crippen LogP contribution in [0.2, 0.25) is 0 Å². The molecule has 0 radical (unpaired) electrons. The molecule has 1 aliphatic rings. The number of anilines is 1. The van der Waals surface area contributed by atoms with Gasteiger partial charge in [-0.15, -0.1) is 12.4 Å². The van der Waals surface area contributed by atoms with Crippen molar-refractivity contribution in [3.8, 4) is 0 Å². The van der Waals surface area contributed by atoms with Gasteiger partial charge in [-0.25, -0.2) is 0 Å². The summed E-state index contributed by atoms with van der Waals surface area (Å²) in [6.45, 7) is 2.27. The van der Waals surface area contributed by atoms with E-state index < -0.39 is 4.92 Å². The minimum Gasteiger partial charge on any atom is -0.398 e. The summed E-state index contributed by atoms with van der Waals surface area (Å²) in [5.41, 5.74) is 6.18. The van der Waals surface area contributed by atoms with Crippen molar-refractivity contribution in [1.82, 2.24) is 10.2 Å². The van der Waals surface area contributed by atoms with Crippen LogP contribution < -0.4 is 11.1 Å². The summed E-state index contributed by atoms with van der Waals surface area (Å²) < 4.78 is 0. The number of halogens is 1. The van der Waals surface area contributed by atoms with Crippen LogP contribution in [0.3, 0.4) is 0 Å². The molecule has 1 saturated heterocycles. The minimum atomic E-state index is -0.518. The number of nitrogen functional groups attached to an aromatic ring is 1. The van der Waals surface area contributed by atoms with E-state index in [0.29, 0.717) is 19.0 Å². The largest absolute Gasteiger partial charge is 0.398 e. The van der Waals surface area contributed by atoms with E-state index in [2.05, 4.69) is 5.32 Å². The number of hydrogen-bond donors (Lipinski definition) is 2. The number of nitro benzene ring substituents is 1. The van der Waals surface area contributed by atoms with E-state index in [-0.39, 0.29) is 35.3 Å². The van der Waals surface area contributed by atoms with E-state index >= 15 is 0 Å². The van der Waals surface area contributed by atoms with Gasteiger partial charge in [-0.1, -0.05) is 0 Å². The van der Waals surface area contributed by atoms with Crippen LogP contribution in [0.4, 0.5) is 11.4 Å². The highest BCUT2D eigenvalue weighted by Crippen LogP contribution is 2.24. The van der Waals surface area contributed by atoms with Crippen LogP contribution >= 0.6 is 12.4 Å². The van der Waals surface area contributed by atoms with Gasteiger partial charge in [0.2, 0.25) is 0 Å². The first-order valence-electron chi connectivity index (χ1n) is 7.00. The average Bonchev–Trinajstić information content (AvgIpc) is 2.48. The number of carbonyl (C=O) groups excluding carboxylic acids is 1. The normalized spacial score (nSPS) is 15.2. The van der Waals surface area contributed by atoms with Crippen molar-refractivity contribution < 1.29 is 9.72 Å². The number of likely N-dealkylation sites (tertiary alicyclic amines) is 1. The zero-order chi connectivity index (χ0) is 15.4. The summed E-state index contributed by atoms with van der Waals surface area (Å²) >= 11 is 0. The standard InChI is InChI=1S/C14H20N4O3.ClH/c1-16-9-10-4-6-17(7-5-10)14(19)12-8-11(18(20)21)2-3-13(12)15;/h2-3,8,10,16H,4-7,9,15H2,1H3;1H. The molecule has 0 saturated carbocycles. The smallest absolute Gasteiger partial charge is 0.270 e. The molecule has 1 fully saturated rings. The van der Waals surface area contributed by atoms with E-state index in [0.717, 1.165) is 19.4 Å². The van der Waals surface area contributed by atoms with Gasteiger partial charge in [0.25, 0.3) is 11.6 Å². The van der Waals surface area contributed by atoms with Gasteiger partial charge in [0.05, 0.1) is 10.5 Å². The molecule has 0 aromatic heterocycles. The predicted molar refractivity (Wildman–Crippen MR) is 87.3 cm³/mol. The Balaban J connectivity index is 0.00000242. The zero-order valence-corrected chi connectivity index (χ0v) is 13.3. The molecule has 7 nitrogen and oxygen atoms in total. The molecule has 0 atom stereocenters. The number of nitrogens with zero attached hydrogens (tertiary/aromatic N) is 2. The predicted octanol–water partition coefficient (Wildman–Crippen LogP) is 1.67. The molecule has 8 heteroatoms. The van der Waals surface area contributed by atoms with Gasteiger partial charge in [0.1, 0.15) is 0 Å². The lowest BCUT2D eigenvalue weighted by atomic mass is 9.96. The zero-order valence-electron chi connectivity index (χ0n) is 12.4. The number of amides is 1. The molecule has 2 rings (SSSR count). The highest BCUT2D eigenvalue weighted by Gasteiger charge is 2.25. The van der Waals surface area contributed by atoms with Gasteiger partial charge in [-0.2, -0.15) is 0 Å². The van der Waals surface area contributed by atoms with Crippen LogP contribution in [0.25, 0.3) is 0 Å². The lowest BCUT2D eigenvalue weighted by molar-refractivity contribution is -0.384. The molecule has 0 aliphatic carbocycles. The Kier molecular flexibility index (Phi) is 6.58. The van der Waals surface area contributed by atoms with Crippen molar-refractivity contribution in [3.05, 3.63) is 33.9 Å². The summed E-state index contributed by atoms with van der Waals surface area (Å²) in [5, 5.41) is 14.0. The van der Waals surface area contributed by atoms with Crippen LogP contribution in [0.1, 0.15) is 23.2 Å². The van der Waals surface area contributed by atoms with Crippen molar-refractivity contribution in [2.24, 2.45) is 5.92 Å². The fourth-order valence-corrected chi connectivity index (χ4v) is 2.64. The monoisotopic (exact) mass is 328 g/mol. The molecular formula is C14H21ClN4O3. The Labute approximate surface area is 135 Å². The summed E-state index contributed by atoms with van der Waals surface area (Å²) in [4.78, 5) is 24.5. The van der Waals surface area contributed by atoms with Crippen LogP contribution in [0, 0.1) is 16.0 Å². The first kappa shape index (κ1) is 18.2. The minimum absolute atomic E-state index is 0.